The molecule has 130 valence electrons. The first kappa shape index (κ1) is 17.2. The first-order chi connectivity index (χ1) is 12.1. The molecule has 5 nitrogen and oxygen atoms in total. The molecule has 3 rings (SSSR count). The van der Waals surface area contributed by atoms with E-state index in [-0.39, 0.29) is 17.7 Å². The third kappa shape index (κ3) is 4.70. The second kappa shape index (κ2) is 7.98. The minimum atomic E-state index is -0.230. The summed E-state index contributed by atoms with van der Waals surface area (Å²) < 4.78 is 10.9. The van der Waals surface area contributed by atoms with Crippen LogP contribution in [-0.2, 0) is 6.42 Å². The van der Waals surface area contributed by atoms with E-state index >= 15 is 0 Å². The van der Waals surface area contributed by atoms with Gasteiger partial charge in [0.1, 0.15) is 5.75 Å². The Bertz CT molecular complexity index is 808. The molecular formula is C19H20N2O3S. The SMILES string of the molecule is CC(C)Oc1ccc(-c2cc(C(=O)NCCc3cccs3)no2)cc1. The number of carbonyl (C=O) groups excluding carboxylic acids is 1. The van der Waals surface area contributed by atoms with Crippen LogP contribution in [0.2, 0.25) is 0 Å². The largest absolute Gasteiger partial charge is 0.491 e. The molecule has 0 spiro atoms. The van der Waals surface area contributed by atoms with E-state index in [4.69, 9.17) is 9.26 Å². The lowest BCUT2D eigenvalue weighted by Gasteiger charge is -2.09. The molecule has 0 aliphatic heterocycles. The van der Waals surface area contributed by atoms with Crippen molar-refractivity contribution < 1.29 is 14.1 Å². The van der Waals surface area contributed by atoms with Crippen molar-refractivity contribution in [3.63, 3.8) is 0 Å². The fourth-order valence-corrected chi connectivity index (χ4v) is 3.04. The summed E-state index contributed by atoms with van der Waals surface area (Å²) in [5.74, 6) is 1.12. The van der Waals surface area contributed by atoms with Crippen molar-refractivity contribution in [2.45, 2.75) is 26.4 Å². The molecule has 6 heteroatoms. The number of aromatic nitrogens is 1. The average Bonchev–Trinajstić information content (AvgIpc) is 3.26. The number of rotatable bonds is 7. The van der Waals surface area contributed by atoms with Crippen molar-refractivity contribution in [2.24, 2.45) is 0 Å². The highest BCUT2D eigenvalue weighted by molar-refractivity contribution is 7.09. The van der Waals surface area contributed by atoms with Gasteiger partial charge in [-0.25, -0.2) is 0 Å². The summed E-state index contributed by atoms with van der Waals surface area (Å²) in [6.45, 7) is 4.53. The van der Waals surface area contributed by atoms with Gasteiger partial charge in [0.25, 0.3) is 5.91 Å². The number of ether oxygens (including phenoxy) is 1. The zero-order chi connectivity index (χ0) is 17.6. The molecular weight excluding hydrogens is 336 g/mol. The normalized spacial score (nSPS) is 10.8. The maximum atomic E-state index is 12.1. The van der Waals surface area contributed by atoms with Crippen LogP contribution in [-0.4, -0.2) is 23.7 Å². The van der Waals surface area contributed by atoms with Crippen LogP contribution in [0.15, 0.2) is 52.4 Å². The van der Waals surface area contributed by atoms with Gasteiger partial charge in [-0.1, -0.05) is 11.2 Å². The van der Waals surface area contributed by atoms with E-state index < -0.39 is 0 Å². The zero-order valence-corrected chi connectivity index (χ0v) is 15.0. The molecule has 0 aliphatic carbocycles. The van der Waals surface area contributed by atoms with Crippen molar-refractivity contribution in [3.8, 4) is 17.1 Å². The fraction of sp³-hybridized carbons (Fsp3) is 0.263. The van der Waals surface area contributed by atoms with Gasteiger partial charge in [-0.3, -0.25) is 4.79 Å². The molecule has 2 heterocycles. The van der Waals surface area contributed by atoms with Crippen LogP contribution in [0.1, 0.15) is 29.2 Å². The van der Waals surface area contributed by atoms with Crippen LogP contribution < -0.4 is 10.1 Å². The molecule has 3 aromatic rings. The monoisotopic (exact) mass is 356 g/mol. The van der Waals surface area contributed by atoms with Gasteiger partial charge in [-0.2, -0.15) is 0 Å². The van der Waals surface area contributed by atoms with E-state index in [2.05, 4.69) is 16.5 Å². The van der Waals surface area contributed by atoms with Crippen molar-refractivity contribution in [1.29, 1.82) is 0 Å². The average molecular weight is 356 g/mol. The summed E-state index contributed by atoms with van der Waals surface area (Å²) in [6.07, 6.45) is 0.937. The second-order valence-electron chi connectivity index (χ2n) is 5.85. The summed E-state index contributed by atoms with van der Waals surface area (Å²) in [5.41, 5.74) is 1.13. The zero-order valence-electron chi connectivity index (χ0n) is 14.2. The van der Waals surface area contributed by atoms with Gasteiger partial charge in [0.05, 0.1) is 6.10 Å². The van der Waals surface area contributed by atoms with E-state index in [1.807, 2.05) is 49.6 Å². The Morgan fingerprint density at radius 1 is 1.28 bits per heavy atom. The highest BCUT2D eigenvalue weighted by Gasteiger charge is 2.13. The first-order valence-electron chi connectivity index (χ1n) is 8.16. The van der Waals surface area contributed by atoms with Crippen molar-refractivity contribution in [1.82, 2.24) is 10.5 Å². The number of amides is 1. The second-order valence-corrected chi connectivity index (χ2v) is 6.88. The van der Waals surface area contributed by atoms with Crippen molar-refractivity contribution in [3.05, 3.63) is 58.4 Å². The Labute approximate surface area is 150 Å². The Morgan fingerprint density at radius 2 is 2.08 bits per heavy atom. The lowest BCUT2D eigenvalue weighted by Crippen LogP contribution is -2.25. The van der Waals surface area contributed by atoms with Gasteiger partial charge < -0.3 is 14.6 Å². The van der Waals surface area contributed by atoms with E-state index in [1.165, 1.54) is 4.88 Å². The van der Waals surface area contributed by atoms with Crippen LogP contribution in [0.25, 0.3) is 11.3 Å². The molecule has 0 bridgehead atoms. The van der Waals surface area contributed by atoms with Gasteiger partial charge >= 0.3 is 0 Å². The number of hydrogen-bond donors (Lipinski definition) is 1. The molecule has 1 N–H and O–H groups in total. The van der Waals surface area contributed by atoms with Crippen LogP contribution >= 0.6 is 11.3 Å². The number of nitrogens with one attached hydrogen (secondary N) is 1. The van der Waals surface area contributed by atoms with E-state index in [1.54, 1.807) is 17.4 Å². The lowest BCUT2D eigenvalue weighted by atomic mass is 10.1. The van der Waals surface area contributed by atoms with Crippen molar-refractivity contribution >= 4 is 17.2 Å². The number of thiophene rings is 1. The van der Waals surface area contributed by atoms with Gasteiger partial charge in [0.2, 0.25) is 0 Å². The minimum Gasteiger partial charge on any atom is -0.491 e. The van der Waals surface area contributed by atoms with Crippen LogP contribution in [0.5, 0.6) is 5.75 Å². The molecule has 0 unspecified atom stereocenters. The fourth-order valence-electron chi connectivity index (χ4n) is 2.33. The van der Waals surface area contributed by atoms with Gasteiger partial charge in [-0.05, 0) is 56.0 Å². The summed E-state index contributed by atoms with van der Waals surface area (Å²) >= 11 is 1.68. The smallest absolute Gasteiger partial charge is 0.273 e. The highest BCUT2D eigenvalue weighted by Crippen LogP contribution is 2.23. The van der Waals surface area contributed by atoms with E-state index in [0.717, 1.165) is 17.7 Å². The predicted octanol–water partition coefficient (Wildman–Crippen LogP) is 4.16. The van der Waals surface area contributed by atoms with Gasteiger partial charge in [0.15, 0.2) is 11.5 Å². The summed E-state index contributed by atoms with van der Waals surface area (Å²) in [5, 5.41) is 8.75. The summed E-state index contributed by atoms with van der Waals surface area (Å²) in [6, 6.07) is 13.2. The lowest BCUT2D eigenvalue weighted by molar-refractivity contribution is 0.0945. The van der Waals surface area contributed by atoms with Gasteiger partial charge in [0, 0.05) is 23.1 Å². The predicted molar refractivity (Wildman–Crippen MR) is 98.1 cm³/mol. The molecule has 0 saturated heterocycles. The summed E-state index contributed by atoms with van der Waals surface area (Å²) in [4.78, 5) is 13.4. The Balaban J connectivity index is 1.58. The van der Waals surface area contributed by atoms with Crippen LogP contribution in [0.3, 0.4) is 0 Å². The third-order valence-corrected chi connectivity index (χ3v) is 4.43. The molecule has 1 aromatic carbocycles. The Hall–Kier alpha value is -2.60. The Kier molecular flexibility index (Phi) is 5.50. The quantitative estimate of drug-likeness (QED) is 0.690. The molecule has 0 fully saturated rings. The highest BCUT2D eigenvalue weighted by atomic mass is 32.1. The molecule has 0 aliphatic rings. The number of nitrogens with zero attached hydrogens (tertiary/aromatic N) is 1. The molecule has 0 saturated carbocycles. The molecule has 1 amide bonds. The van der Waals surface area contributed by atoms with Crippen LogP contribution in [0.4, 0.5) is 0 Å². The van der Waals surface area contributed by atoms with Crippen molar-refractivity contribution in [2.75, 3.05) is 6.54 Å². The number of carbonyl (C=O) groups is 1. The summed E-state index contributed by atoms with van der Waals surface area (Å²) in [7, 11) is 0. The van der Waals surface area contributed by atoms with E-state index in [9.17, 15) is 4.79 Å². The maximum Gasteiger partial charge on any atom is 0.273 e. The maximum absolute atomic E-state index is 12.1. The molecule has 2 aromatic heterocycles. The van der Waals surface area contributed by atoms with E-state index in [0.29, 0.717) is 12.3 Å². The Morgan fingerprint density at radius 3 is 2.76 bits per heavy atom. The standard InChI is InChI=1S/C19H20N2O3S/c1-13(2)23-15-7-5-14(6-8-15)18-12-17(21-24-18)19(22)20-10-9-16-4-3-11-25-16/h3-8,11-13H,9-10H2,1-2H3,(H,20,22). The van der Waals surface area contributed by atoms with Crippen LogP contribution in [0, 0.1) is 0 Å². The first-order valence-corrected chi connectivity index (χ1v) is 9.04. The molecule has 25 heavy (non-hydrogen) atoms. The third-order valence-electron chi connectivity index (χ3n) is 3.49. The van der Waals surface area contributed by atoms with Gasteiger partial charge in [-0.15, -0.1) is 11.3 Å². The number of benzene rings is 1. The minimum absolute atomic E-state index is 0.126. The molecule has 0 radical (unpaired) electrons. The number of hydrogen-bond acceptors (Lipinski definition) is 5. The topological polar surface area (TPSA) is 64.4 Å². The molecule has 0 atom stereocenters.